The summed E-state index contributed by atoms with van der Waals surface area (Å²) in [6.45, 7) is 1.14. The zero-order chi connectivity index (χ0) is 12.4. The number of aliphatic hydroxyl groups is 1. The SMILES string of the molecule is CC(N)(CO)c1cccc(OC(F)(F)F)c1. The van der Waals surface area contributed by atoms with Crippen LogP contribution in [0.3, 0.4) is 0 Å². The number of halogens is 3. The molecule has 0 heterocycles. The third-order valence-corrected chi connectivity index (χ3v) is 2.06. The van der Waals surface area contributed by atoms with Gasteiger partial charge < -0.3 is 15.6 Å². The molecule has 0 spiro atoms. The topological polar surface area (TPSA) is 55.5 Å². The van der Waals surface area contributed by atoms with E-state index in [0.717, 1.165) is 6.07 Å². The number of nitrogens with two attached hydrogens (primary N) is 1. The van der Waals surface area contributed by atoms with E-state index >= 15 is 0 Å². The van der Waals surface area contributed by atoms with Crippen molar-refractivity contribution in [1.29, 1.82) is 0 Å². The summed E-state index contributed by atoms with van der Waals surface area (Å²) in [5.74, 6) is -0.352. The van der Waals surface area contributed by atoms with E-state index in [2.05, 4.69) is 4.74 Å². The van der Waals surface area contributed by atoms with Crippen molar-refractivity contribution in [1.82, 2.24) is 0 Å². The second-order valence-corrected chi connectivity index (χ2v) is 3.65. The normalized spacial score (nSPS) is 15.6. The summed E-state index contributed by atoms with van der Waals surface area (Å²) in [7, 11) is 0. The molecule has 0 amide bonds. The molecular formula is C10H12F3NO2. The Bertz CT molecular complexity index is 363. The molecule has 1 atom stereocenters. The van der Waals surface area contributed by atoms with E-state index in [1.165, 1.54) is 25.1 Å². The van der Waals surface area contributed by atoms with Gasteiger partial charge in [0.05, 0.1) is 12.1 Å². The van der Waals surface area contributed by atoms with E-state index in [1.807, 2.05) is 0 Å². The molecule has 3 nitrogen and oxygen atoms in total. The summed E-state index contributed by atoms with van der Waals surface area (Å²) >= 11 is 0. The number of alkyl halides is 3. The molecule has 1 aromatic carbocycles. The average Bonchev–Trinajstić information content (AvgIpc) is 2.15. The predicted octanol–water partition coefficient (Wildman–Crippen LogP) is 1.75. The fourth-order valence-electron chi connectivity index (χ4n) is 1.14. The highest BCUT2D eigenvalue weighted by Crippen LogP contribution is 2.26. The van der Waals surface area contributed by atoms with E-state index in [4.69, 9.17) is 10.8 Å². The molecule has 3 N–H and O–H groups in total. The van der Waals surface area contributed by atoms with Crippen LogP contribution in [-0.4, -0.2) is 18.1 Å². The van der Waals surface area contributed by atoms with Crippen molar-refractivity contribution in [2.45, 2.75) is 18.8 Å². The van der Waals surface area contributed by atoms with Crippen LogP contribution in [-0.2, 0) is 5.54 Å². The van der Waals surface area contributed by atoms with Crippen LogP contribution in [0.25, 0.3) is 0 Å². The Hall–Kier alpha value is -1.27. The Kier molecular flexibility index (Phi) is 3.44. The molecule has 6 heteroatoms. The summed E-state index contributed by atoms with van der Waals surface area (Å²) < 4.78 is 39.6. The standard InChI is InChI=1S/C10H12F3NO2/c1-9(14,6-15)7-3-2-4-8(5-7)16-10(11,12)13/h2-5,15H,6,14H2,1H3. The molecule has 90 valence electrons. The van der Waals surface area contributed by atoms with E-state index < -0.39 is 11.9 Å². The molecule has 1 unspecified atom stereocenters. The van der Waals surface area contributed by atoms with Crippen LogP contribution in [0, 0.1) is 0 Å². The van der Waals surface area contributed by atoms with Crippen molar-refractivity contribution in [3.8, 4) is 5.75 Å². The van der Waals surface area contributed by atoms with Crippen LogP contribution < -0.4 is 10.5 Å². The molecule has 1 rings (SSSR count). The molecule has 0 fully saturated rings. The van der Waals surface area contributed by atoms with Gasteiger partial charge in [-0.3, -0.25) is 0 Å². The largest absolute Gasteiger partial charge is 0.573 e. The Morgan fingerprint density at radius 1 is 1.38 bits per heavy atom. The quantitative estimate of drug-likeness (QED) is 0.839. The lowest BCUT2D eigenvalue weighted by molar-refractivity contribution is -0.274. The Labute approximate surface area is 90.6 Å². The first kappa shape index (κ1) is 12.8. The van der Waals surface area contributed by atoms with Crippen molar-refractivity contribution >= 4 is 0 Å². The molecule has 0 bridgehead atoms. The van der Waals surface area contributed by atoms with Gasteiger partial charge in [-0.15, -0.1) is 13.2 Å². The van der Waals surface area contributed by atoms with Gasteiger partial charge in [-0.2, -0.15) is 0 Å². The van der Waals surface area contributed by atoms with Gasteiger partial charge in [0.15, 0.2) is 0 Å². The molecule has 0 radical (unpaired) electrons. The van der Waals surface area contributed by atoms with E-state index in [0.29, 0.717) is 5.56 Å². The van der Waals surface area contributed by atoms with Gasteiger partial charge in [-0.05, 0) is 24.6 Å². The number of hydrogen-bond donors (Lipinski definition) is 2. The summed E-state index contributed by atoms with van der Waals surface area (Å²) in [5, 5.41) is 8.98. The van der Waals surface area contributed by atoms with Gasteiger partial charge in [0.25, 0.3) is 0 Å². The zero-order valence-corrected chi connectivity index (χ0v) is 8.58. The molecule has 0 aliphatic rings. The van der Waals surface area contributed by atoms with Crippen LogP contribution in [0.15, 0.2) is 24.3 Å². The summed E-state index contributed by atoms with van der Waals surface area (Å²) in [6, 6.07) is 5.24. The first-order chi connectivity index (χ1) is 7.24. The van der Waals surface area contributed by atoms with Gasteiger partial charge in [-0.1, -0.05) is 12.1 Å². The number of aliphatic hydroxyl groups excluding tert-OH is 1. The maximum Gasteiger partial charge on any atom is 0.573 e. The second kappa shape index (κ2) is 4.31. The maximum absolute atomic E-state index is 11.9. The zero-order valence-electron chi connectivity index (χ0n) is 8.58. The van der Waals surface area contributed by atoms with Gasteiger partial charge in [0, 0.05) is 0 Å². The highest BCUT2D eigenvalue weighted by Gasteiger charge is 2.31. The summed E-state index contributed by atoms with van der Waals surface area (Å²) in [4.78, 5) is 0. The van der Waals surface area contributed by atoms with Crippen molar-refractivity contribution in [3.05, 3.63) is 29.8 Å². The van der Waals surface area contributed by atoms with Gasteiger partial charge in [-0.25, -0.2) is 0 Å². The summed E-state index contributed by atoms with van der Waals surface area (Å²) in [6.07, 6.45) is -4.73. The fourth-order valence-corrected chi connectivity index (χ4v) is 1.14. The lowest BCUT2D eigenvalue weighted by Crippen LogP contribution is -2.36. The van der Waals surface area contributed by atoms with Crippen molar-refractivity contribution < 1.29 is 23.0 Å². The number of rotatable bonds is 3. The number of hydrogen-bond acceptors (Lipinski definition) is 3. The molecule has 0 aliphatic carbocycles. The highest BCUT2D eigenvalue weighted by atomic mass is 19.4. The monoisotopic (exact) mass is 235 g/mol. The molecule has 0 aliphatic heterocycles. The fraction of sp³-hybridized carbons (Fsp3) is 0.400. The van der Waals surface area contributed by atoms with E-state index in [-0.39, 0.29) is 12.4 Å². The van der Waals surface area contributed by atoms with Gasteiger partial charge in [0.2, 0.25) is 0 Å². The van der Waals surface area contributed by atoms with Crippen LogP contribution >= 0.6 is 0 Å². The smallest absolute Gasteiger partial charge is 0.406 e. The van der Waals surface area contributed by atoms with Crippen LogP contribution in [0.2, 0.25) is 0 Å². The highest BCUT2D eigenvalue weighted by molar-refractivity contribution is 5.33. The number of ether oxygens (including phenoxy) is 1. The molecule has 0 saturated carbocycles. The Morgan fingerprint density at radius 3 is 2.50 bits per heavy atom. The van der Waals surface area contributed by atoms with E-state index in [9.17, 15) is 13.2 Å². The van der Waals surface area contributed by atoms with Crippen molar-refractivity contribution in [2.24, 2.45) is 5.73 Å². The molecule has 1 aromatic rings. The van der Waals surface area contributed by atoms with E-state index in [1.54, 1.807) is 0 Å². The minimum atomic E-state index is -4.73. The molecule has 16 heavy (non-hydrogen) atoms. The third-order valence-electron chi connectivity index (χ3n) is 2.06. The lowest BCUT2D eigenvalue weighted by Gasteiger charge is -2.22. The second-order valence-electron chi connectivity index (χ2n) is 3.65. The predicted molar refractivity (Wildman–Crippen MR) is 51.8 cm³/mol. The third kappa shape index (κ3) is 3.39. The maximum atomic E-state index is 11.9. The lowest BCUT2D eigenvalue weighted by atomic mass is 9.94. The minimum absolute atomic E-state index is 0.352. The first-order valence-electron chi connectivity index (χ1n) is 4.51. The average molecular weight is 235 g/mol. The van der Waals surface area contributed by atoms with Gasteiger partial charge >= 0.3 is 6.36 Å². The van der Waals surface area contributed by atoms with Gasteiger partial charge in [0.1, 0.15) is 5.75 Å². The first-order valence-corrected chi connectivity index (χ1v) is 4.51. The minimum Gasteiger partial charge on any atom is -0.406 e. The molecule has 0 aromatic heterocycles. The van der Waals surface area contributed by atoms with Crippen molar-refractivity contribution in [2.75, 3.05) is 6.61 Å². The number of benzene rings is 1. The van der Waals surface area contributed by atoms with Crippen LogP contribution in [0.4, 0.5) is 13.2 Å². The Balaban J connectivity index is 2.96. The Morgan fingerprint density at radius 2 is 2.00 bits per heavy atom. The van der Waals surface area contributed by atoms with Crippen LogP contribution in [0.1, 0.15) is 12.5 Å². The molecular weight excluding hydrogens is 223 g/mol. The summed E-state index contributed by atoms with van der Waals surface area (Å²) in [5.41, 5.74) is 4.96. The molecule has 0 saturated heterocycles. The van der Waals surface area contributed by atoms with Crippen molar-refractivity contribution in [3.63, 3.8) is 0 Å². The van der Waals surface area contributed by atoms with Crippen LogP contribution in [0.5, 0.6) is 5.75 Å².